The summed E-state index contributed by atoms with van der Waals surface area (Å²) in [6, 6.07) is 1.62. The fourth-order valence-corrected chi connectivity index (χ4v) is 1.23. The molecule has 0 bridgehead atoms. The SMILES string of the molecule is O=c1[nH]c(CCl)nc2cnccc12. The second-order valence-electron chi connectivity index (χ2n) is 2.54. The normalized spacial score (nSPS) is 10.5. The third kappa shape index (κ3) is 1.40. The Hall–Kier alpha value is -1.42. The number of nitrogens with one attached hydrogen (secondary N) is 1. The van der Waals surface area contributed by atoms with Gasteiger partial charge in [0.1, 0.15) is 5.82 Å². The number of H-pyrrole nitrogens is 1. The molecule has 2 rings (SSSR count). The van der Waals surface area contributed by atoms with Crippen molar-refractivity contribution in [3.8, 4) is 0 Å². The zero-order valence-electron chi connectivity index (χ0n) is 6.62. The van der Waals surface area contributed by atoms with E-state index in [4.69, 9.17) is 11.6 Å². The average Bonchev–Trinajstić information content (AvgIpc) is 2.18. The molecular formula is C8H6ClN3O. The molecule has 0 saturated heterocycles. The van der Waals surface area contributed by atoms with Crippen LogP contribution in [0.1, 0.15) is 5.82 Å². The maximum absolute atomic E-state index is 11.4. The fraction of sp³-hybridized carbons (Fsp3) is 0.125. The van der Waals surface area contributed by atoms with Crippen LogP contribution in [0.5, 0.6) is 0 Å². The van der Waals surface area contributed by atoms with Crippen LogP contribution in [0, 0.1) is 0 Å². The Labute approximate surface area is 78.6 Å². The van der Waals surface area contributed by atoms with Gasteiger partial charge in [-0.1, -0.05) is 0 Å². The Morgan fingerprint density at radius 1 is 1.54 bits per heavy atom. The van der Waals surface area contributed by atoms with Crippen LogP contribution in [0.4, 0.5) is 0 Å². The summed E-state index contributed by atoms with van der Waals surface area (Å²) in [4.78, 5) is 21.9. The monoisotopic (exact) mass is 195 g/mol. The molecule has 0 unspecified atom stereocenters. The molecule has 5 heteroatoms. The van der Waals surface area contributed by atoms with Gasteiger partial charge in [-0.2, -0.15) is 0 Å². The van der Waals surface area contributed by atoms with E-state index in [0.29, 0.717) is 16.7 Å². The third-order valence-electron chi connectivity index (χ3n) is 1.68. The molecule has 2 heterocycles. The summed E-state index contributed by atoms with van der Waals surface area (Å²) in [5.41, 5.74) is 0.393. The number of aromatic amines is 1. The Balaban J connectivity index is 2.85. The van der Waals surface area contributed by atoms with E-state index >= 15 is 0 Å². The van der Waals surface area contributed by atoms with Crippen molar-refractivity contribution in [3.63, 3.8) is 0 Å². The smallest absolute Gasteiger partial charge is 0.258 e. The summed E-state index contributed by atoms with van der Waals surface area (Å²) in [5.74, 6) is 0.659. The third-order valence-corrected chi connectivity index (χ3v) is 1.94. The molecule has 0 aromatic carbocycles. The van der Waals surface area contributed by atoms with E-state index in [2.05, 4.69) is 15.0 Å². The van der Waals surface area contributed by atoms with Crippen molar-refractivity contribution in [1.29, 1.82) is 0 Å². The summed E-state index contributed by atoms with van der Waals surface area (Å²) in [6.07, 6.45) is 3.10. The summed E-state index contributed by atoms with van der Waals surface area (Å²) in [5, 5.41) is 0.531. The first-order valence-corrected chi connectivity index (χ1v) is 4.23. The highest BCUT2D eigenvalue weighted by Gasteiger charge is 2.01. The molecule has 0 aliphatic heterocycles. The molecule has 1 N–H and O–H groups in total. The number of nitrogens with zero attached hydrogens (tertiary/aromatic N) is 2. The van der Waals surface area contributed by atoms with Crippen molar-refractivity contribution < 1.29 is 0 Å². The molecule has 0 radical (unpaired) electrons. The molecule has 4 nitrogen and oxygen atoms in total. The van der Waals surface area contributed by atoms with Crippen LogP contribution in [-0.2, 0) is 5.88 Å². The van der Waals surface area contributed by atoms with Gasteiger partial charge in [-0.15, -0.1) is 11.6 Å². The summed E-state index contributed by atoms with van der Waals surface area (Å²) < 4.78 is 0. The molecule has 0 amide bonds. The summed E-state index contributed by atoms with van der Waals surface area (Å²) in [6.45, 7) is 0. The lowest BCUT2D eigenvalue weighted by atomic mass is 10.3. The highest BCUT2D eigenvalue weighted by Crippen LogP contribution is 2.04. The number of aromatic nitrogens is 3. The van der Waals surface area contributed by atoms with E-state index in [-0.39, 0.29) is 11.4 Å². The molecule has 0 spiro atoms. The number of hydrogen-bond acceptors (Lipinski definition) is 3. The van der Waals surface area contributed by atoms with Gasteiger partial charge in [0.25, 0.3) is 5.56 Å². The van der Waals surface area contributed by atoms with Crippen LogP contribution in [0.2, 0.25) is 0 Å². The Morgan fingerprint density at radius 3 is 3.15 bits per heavy atom. The second-order valence-corrected chi connectivity index (χ2v) is 2.81. The second kappa shape index (κ2) is 3.14. The van der Waals surface area contributed by atoms with Gasteiger partial charge in [0.05, 0.1) is 23.0 Å². The van der Waals surface area contributed by atoms with Crippen molar-refractivity contribution in [2.75, 3.05) is 0 Å². The lowest BCUT2D eigenvalue weighted by molar-refractivity contribution is 1.03. The molecule has 13 heavy (non-hydrogen) atoms. The van der Waals surface area contributed by atoms with Gasteiger partial charge in [0, 0.05) is 6.20 Å². The van der Waals surface area contributed by atoms with Gasteiger partial charge >= 0.3 is 0 Å². The predicted molar refractivity (Wildman–Crippen MR) is 49.7 cm³/mol. The largest absolute Gasteiger partial charge is 0.309 e. The number of halogens is 1. The van der Waals surface area contributed by atoms with Crippen molar-refractivity contribution in [2.24, 2.45) is 0 Å². The van der Waals surface area contributed by atoms with Crippen LogP contribution in [0.25, 0.3) is 10.9 Å². The number of fused-ring (bicyclic) bond motifs is 1. The van der Waals surface area contributed by atoms with Gasteiger partial charge in [-0.05, 0) is 6.07 Å². The molecular weight excluding hydrogens is 190 g/mol. The van der Waals surface area contributed by atoms with Crippen LogP contribution in [0.15, 0.2) is 23.3 Å². The Morgan fingerprint density at radius 2 is 2.38 bits per heavy atom. The number of hydrogen-bond donors (Lipinski definition) is 1. The zero-order valence-corrected chi connectivity index (χ0v) is 7.38. The Bertz CT molecular complexity index is 494. The van der Waals surface area contributed by atoms with E-state index in [1.54, 1.807) is 18.5 Å². The highest BCUT2D eigenvalue weighted by atomic mass is 35.5. The van der Waals surface area contributed by atoms with Crippen molar-refractivity contribution in [1.82, 2.24) is 15.0 Å². The first kappa shape index (κ1) is 8.19. The van der Waals surface area contributed by atoms with Gasteiger partial charge in [0.2, 0.25) is 0 Å². The minimum atomic E-state index is -0.178. The van der Waals surface area contributed by atoms with E-state index < -0.39 is 0 Å². The van der Waals surface area contributed by atoms with Crippen LogP contribution >= 0.6 is 11.6 Å². The fourth-order valence-electron chi connectivity index (χ4n) is 1.10. The average molecular weight is 196 g/mol. The summed E-state index contributed by atoms with van der Waals surface area (Å²) in [7, 11) is 0. The topological polar surface area (TPSA) is 58.6 Å². The zero-order chi connectivity index (χ0) is 9.26. The number of alkyl halides is 1. The molecule has 66 valence electrons. The van der Waals surface area contributed by atoms with Gasteiger partial charge in [0.15, 0.2) is 0 Å². The minimum Gasteiger partial charge on any atom is -0.309 e. The first-order chi connectivity index (χ1) is 6.31. The van der Waals surface area contributed by atoms with E-state index in [1.165, 1.54) is 0 Å². The van der Waals surface area contributed by atoms with Crippen LogP contribution < -0.4 is 5.56 Å². The van der Waals surface area contributed by atoms with Crippen LogP contribution in [-0.4, -0.2) is 15.0 Å². The van der Waals surface area contributed by atoms with Crippen LogP contribution in [0.3, 0.4) is 0 Å². The predicted octanol–water partition coefficient (Wildman–Crippen LogP) is 1.06. The van der Waals surface area contributed by atoms with Gasteiger partial charge in [-0.25, -0.2) is 4.98 Å². The van der Waals surface area contributed by atoms with Crippen molar-refractivity contribution in [3.05, 3.63) is 34.6 Å². The molecule has 2 aromatic heterocycles. The standard InChI is InChI=1S/C8H6ClN3O/c9-3-7-11-6-4-10-2-1-5(6)8(13)12-7/h1-2,4H,3H2,(H,11,12,13). The molecule has 0 fully saturated rings. The summed E-state index contributed by atoms with van der Waals surface area (Å²) >= 11 is 5.55. The van der Waals surface area contributed by atoms with Gasteiger partial charge < -0.3 is 4.98 Å². The molecule has 0 saturated carbocycles. The van der Waals surface area contributed by atoms with E-state index in [0.717, 1.165) is 0 Å². The number of rotatable bonds is 1. The maximum Gasteiger partial charge on any atom is 0.258 e. The highest BCUT2D eigenvalue weighted by molar-refractivity contribution is 6.16. The quantitative estimate of drug-likeness (QED) is 0.693. The molecule has 0 aliphatic rings. The Kier molecular flexibility index (Phi) is 1.98. The van der Waals surface area contributed by atoms with E-state index in [1.807, 2.05) is 0 Å². The van der Waals surface area contributed by atoms with E-state index in [9.17, 15) is 4.79 Å². The molecule has 0 atom stereocenters. The van der Waals surface area contributed by atoms with Crippen molar-refractivity contribution in [2.45, 2.75) is 5.88 Å². The molecule has 2 aromatic rings. The lowest BCUT2D eigenvalue weighted by Gasteiger charge is -1.97. The minimum absolute atomic E-state index is 0.178. The number of pyridine rings is 1. The lowest BCUT2D eigenvalue weighted by Crippen LogP contribution is -2.10. The van der Waals surface area contributed by atoms with Crippen molar-refractivity contribution >= 4 is 22.5 Å². The molecule has 0 aliphatic carbocycles. The first-order valence-electron chi connectivity index (χ1n) is 3.70. The van der Waals surface area contributed by atoms with Gasteiger partial charge in [-0.3, -0.25) is 9.78 Å². The maximum atomic E-state index is 11.4.